The Labute approximate surface area is 130 Å². The second-order valence-corrected chi connectivity index (χ2v) is 5.42. The van der Waals surface area contributed by atoms with Crippen molar-refractivity contribution in [2.45, 2.75) is 26.8 Å². The van der Waals surface area contributed by atoms with Crippen LogP contribution >= 0.6 is 0 Å². The summed E-state index contributed by atoms with van der Waals surface area (Å²) < 4.78 is 5.34. The van der Waals surface area contributed by atoms with Gasteiger partial charge in [0.25, 0.3) is 5.91 Å². The number of rotatable bonds is 5. The van der Waals surface area contributed by atoms with Gasteiger partial charge in [0, 0.05) is 12.2 Å². The van der Waals surface area contributed by atoms with Gasteiger partial charge in [-0.3, -0.25) is 9.78 Å². The minimum absolute atomic E-state index is 0.0842. The third-order valence-corrected chi connectivity index (χ3v) is 3.05. The molecule has 22 heavy (non-hydrogen) atoms. The minimum Gasteiger partial charge on any atom is -0.495 e. The van der Waals surface area contributed by atoms with Gasteiger partial charge in [-0.15, -0.1) is 0 Å². The average Bonchev–Trinajstić information content (AvgIpc) is 2.47. The van der Waals surface area contributed by atoms with Crippen LogP contribution in [0.1, 0.15) is 29.8 Å². The van der Waals surface area contributed by atoms with E-state index in [1.165, 1.54) is 0 Å². The average molecular weight is 299 g/mol. The Balaban J connectivity index is 2.24. The number of pyridine rings is 1. The van der Waals surface area contributed by atoms with Crippen LogP contribution in [0.3, 0.4) is 0 Å². The third-order valence-electron chi connectivity index (χ3n) is 3.05. The molecule has 0 aliphatic heterocycles. The molecule has 0 radical (unpaired) electrons. The Bertz CT molecular complexity index is 669. The zero-order chi connectivity index (χ0) is 16.1. The normalized spacial score (nSPS) is 10.4. The van der Waals surface area contributed by atoms with E-state index in [9.17, 15) is 4.79 Å². The van der Waals surface area contributed by atoms with Gasteiger partial charge >= 0.3 is 0 Å². The molecule has 2 N–H and O–H groups in total. The molecule has 0 saturated carbocycles. The van der Waals surface area contributed by atoms with Crippen LogP contribution in [0.4, 0.5) is 11.4 Å². The quantitative estimate of drug-likeness (QED) is 0.889. The van der Waals surface area contributed by atoms with E-state index in [2.05, 4.69) is 15.6 Å². The Kier molecular flexibility index (Phi) is 4.99. The lowest BCUT2D eigenvalue weighted by atomic mass is 10.2. The summed E-state index contributed by atoms with van der Waals surface area (Å²) in [6.45, 7) is 5.85. The number of nitrogens with zero attached hydrogens (tertiary/aromatic N) is 1. The molecule has 2 aromatic rings. The van der Waals surface area contributed by atoms with Crippen molar-refractivity contribution in [2.24, 2.45) is 0 Å². The highest BCUT2D eigenvalue weighted by molar-refractivity contribution is 5.95. The van der Waals surface area contributed by atoms with Crippen molar-refractivity contribution in [1.82, 2.24) is 10.3 Å². The van der Waals surface area contributed by atoms with Crippen molar-refractivity contribution in [3.8, 4) is 5.75 Å². The van der Waals surface area contributed by atoms with Gasteiger partial charge in [-0.2, -0.15) is 0 Å². The van der Waals surface area contributed by atoms with E-state index in [0.29, 0.717) is 5.56 Å². The van der Waals surface area contributed by atoms with Gasteiger partial charge in [0.05, 0.1) is 30.2 Å². The van der Waals surface area contributed by atoms with Crippen LogP contribution in [0.2, 0.25) is 0 Å². The van der Waals surface area contributed by atoms with Gasteiger partial charge in [-0.05, 0) is 44.5 Å². The fourth-order valence-corrected chi connectivity index (χ4v) is 2.05. The molecule has 5 nitrogen and oxygen atoms in total. The van der Waals surface area contributed by atoms with E-state index in [1.54, 1.807) is 25.6 Å². The fraction of sp³-hybridized carbons (Fsp3) is 0.294. The molecule has 1 heterocycles. The number of nitrogens with one attached hydrogen (secondary N) is 2. The van der Waals surface area contributed by atoms with Crippen LogP contribution in [0.5, 0.6) is 5.75 Å². The fourth-order valence-electron chi connectivity index (χ4n) is 2.05. The van der Waals surface area contributed by atoms with Crippen LogP contribution in [0.15, 0.2) is 36.7 Å². The van der Waals surface area contributed by atoms with Gasteiger partial charge in [0.15, 0.2) is 0 Å². The smallest absolute Gasteiger partial charge is 0.253 e. The standard InChI is InChI=1S/C17H21N3O2/c1-11(2)19-17(21)13-8-14(10-18-9-13)20-15-7-12(3)5-6-16(15)22-4/h5-11,20H,1-4H3,(H,19,21). The maximum absolute atomic E-state index is 12.0. The molecule has 2 rings (SSSR count). The third kappa shape index (κ3) is 3.97. The number of hydrogen-bond donors (Lipinski definition) is 2. The molecule has 0 spiro atoms. The Hall–Kier alpha value is -2.56. The molecule has 0 atom stereocenters. The minimum atomic E-state index is -0.137. The van der Waals surface area contributed by atoms with E-state index in [1.807, 2.05) is 39.0 Å². The molecule has 0 unspecified atom stereocenters. The molecule has 5 heteroatoms. The van der Waals surface area contributed by atoms with Crippen molar-refractivity contribution in [1.29, 1.82) is 0 Å². The summed E-state index contributed by atoms with van der Waals surface area (Å²) in [7, 11) is 1.63. The molecule has 1 aromatic heterocycles. The molecular weight excluding hydrogens is 278 g/mol. The maximum Gasteiger partial charge on any atom is 0.253 e. The largest absolute Gasteiger partial charge is 0.495 e. The summed E-state index contributed by atoms with van der Waals surface area (Å²) in [4.78, 5) is 16.2. The molecule has 0 saturated heterocycles. The number of hydrogen-bond acceptors (Lipinski definition) is 4. The number of benzene rings is 1. The lowest BCUT2D eigenvalue weighted by Gasteiger charge is -2.13. The highest BCUT2D eigenvalue weighted by Crippen LogP contribution is 2.28. The van der Waals surface area contributed by atoms with Crippen molar-refractivity contribution < 1.29 is 9.53 Å². The summed E-state index contributed by atoms with van der Waals surface area (Å²) >= 11 is 0. The number of amides is 1. The second kappa shape index (κ2) is 6.93. The van der Waals surface area contributed by atoms with Crippen LogP contribution in [0.25, 0.3) is 0 Å². The summed E-state index contributed by atoms with van der Waals surface area (Å²) in [5.41, 5.74) is 3.21. The number of anilines is 2. The van der Waals surface area contributed by atoms with E-state index in [-0.39, 0.29) is 11.9 Å². The Morgan fingerprint density at radius 1 is 1.23 bits per heavy atom. The Morgan fingerprint density at radius 3 is 2.68 bits per heavy atom. The zero-order valence-electron chi connectivity index (χ0n) is 13.3. The highest BCUT2D eigenvalue weighted by atomic mass is 16.5. The lowest BCUT2D eigenvalue weighted by molar-refractivity contribution is 0.0943. The predicted octanol–water partition coefficient (Wildman–Crippen LogP) is 3.28. The van der Waals surface area contributed by atoms with Crippen molar-refractivity contribution in [3.05, 3.63) is 47.8 Å². The van der Waals surface area contributed by atoms with Crippen molar-refractivity contribution in [3.63, 3.8) is 0 Å². The van der Waals surface area contributed by atoms with Crippen LogP contribution in [0, 0.1) is 6.92 Å². The number of aromatic nitrogens is 1. The summed E-state index contributed by atoms with van der Waals surface area (Å²) in [6, 6.07) is 7.72. The van der Waals surface area contributed by atoms with E-state index in [0.717, 1.165) is 22.7 Å². The first kappa shape index (κ1) is 15.8. The molecular formula is C17H21N3O2. The summed E-state index contributed by atoms with van der Waals surface area (Å²) in [6.07, 6.45) is 3.23. The number of ether oxygens (including phenoxy) is 1. The highest BCUT2D eigenvalue weighted by Gasteiger charge is 2.09. The first-order valence-electron chi connectivity index (χ1n) is 7.17. The molecule has 0 aliphatic rings. The maximum atomic E-state index is 12.0. The first-order valence-corrected chi connectivity index (χ1v) is 7.17. The summed E-state index contributed by atoms with van der Waals surface area (Å²) in [5, 5.41) is 6.10. The van der Waals surface area contributed by atoms with E-state index < -0.39 is 0 Å². The summed E-state index contributed by atoms with van der Waals surface area (Å²) in [5.74, 6) is 0.602. The molecule has 1 aromatic carbocycles. The van der Waals surface area contributed by atoms with Crippen LogP contribution < -0.4 is 15.4 Å². The number of aryl methyl sites for hydroxylation is 1. The topological polar surface area (TPSA) is 63.2 Å². The van der Waals surface area contributed by atoms with E-state index >= 15 is 0 Å². The van der Waals surface area contributed by atoms with Gasteiger partial charge in [-0.25, -0.2) is 0 Å². The van der Waals surface area contributed by atoms with E-state index in [4.69, 9.17) is 4.74 Å². The number of carbonyl (C=O) groups is 1. The number of carbonyl (C=O) groups excluding carboxylic acids is 1. The van der Waals surface area contributed by atoms with Crippen molar-refractivity contribution in [2.75, 3.05) is 12.4 Å². The number of methoxy groups -OCH3 is 1. The molecule has 116 valence electrons. The predicted molar refractivity (Wildman–Crippen MR) is 87.9 cm³/mol. The lowest BCUT2D eigenvalue weighted by Crippen LogP contribution is -2.30. The van der Waals surface area contributed by atoms with Gasteiger partial charge < -0.3 is 15.4 Å². The first-order chi connectivity index (χ1) is 10.5. The van der Waals surface area contributed by atoms with Crippen molar-refractivity contribution >= 4 is 17.3 Å². The van der Waals surface area contributed by atoms with Gasteiger partial charge in [-0.1, -0.05) is 6.07 Å². The molecule has 0 fully saturated rings. The van der Waals surface area contributed by atoms with Crippen LogP contribution in [-0.2, 0) is 0 Å². The molecule has 0 bridgehead atoms. The SMILES string of the molecule is COc1ccc(C)cc1Nc1cncc(C(=O)NC(C)C)c1. The second-order valence-electron chi connectivity index (χ2n) is 5.42. The molecule has 0 aliphatic carbocycles. The molecule has 1 amide bonds. The van der Waals surface area contributed by atoms with Gasteiger partial charge in [0.2, 0.25) is 0 Å². The van der Waals surface area contributed by atoms with Crippen LogP contribution in [-0.4, -0.2) is 24.0 Å². The van der Waals surface area contributed by atoms with Gasteiger partial charge in [0.1, 0.15) is 5.75 Å². The zero-order valence-corrected chi connectivity index (χ0v) is 13.3. The monoisotopic (exact) mass is 299 g/mol. The Morgan fingerprint density at radius 2 is 2.00 bits per heavy atom.